The van der Waals surface area contributed by atoms with Gasteiger partial charge in [0.15, 0.2) is 11.5 Å². The number of hydroxylamine groups is 2. The smallest absolute Gasteiger partial charge is 0.277 e. The molecule has 5 heteroatoms. The first kappa shape index (κ1) is 13.7. The number of nitrogens with zero attached hydrogens (tertiary/aromatic N) is 1. The second kappa shape index (κ2) is 6.43. The first-order valence-electron chi connectivity index (χ1n) is 6.52. The molecule has 1 aliphatic heterocycles. The van der Waals surface area contributed by atoms with Gasteiger partial charge in [-0.1, -0.05) is 0 Å². The van der Waals surface area contributed by atoms with Crippen LogP contribution in [-0.4, -0.2) is 37.8 Å². The van der Waals surface area contributed by atoms with Gasteiger partial charge in [0.05, 0.1) is 20.3 Å². The minimum Gasteiger partial charge on any atom is -0.493 e. The van der Waals surface area contributed by atoms with E-state index in [9.17, 15) is 4.79 Å². The molecule has 1 amide bonds. The molecule has 0 radical (unpaired) electrons. The molecular weight excluding hydrogens is 246 g/mol. The van der Waals surface area contributed by atoms with Gasteiger partial charge in [-0.3, -0.25) is 9.63 Å². The van der Waals surface area contributed by atoms with Crippen molar-refractivity contribution < 1.29 is 19.1 Å². The van der Waals surface area contributed by atoms with Crippen molar-refractivity contribution in [1.29, 1.82) is 0 Å². The molecule has 1 saturated heterocycles. The molecule has 0 bridgehead atoms. The third-order valence-corrected chi connectivity index (χ3v) is 2.94. The zero-order chi connectivity index (χ0) is 13.7. The average Bonchev–Trinajstić information content (AvgIpc) is 2.48. The van der Waals surface area contributed by atoms with E-state index in [4.69, 9.17) is 14.3 Å². The molecule has 0 spiro atoms. The highest BCUT2D eigenvalue weighted by atomic mass is 16.7. The molecule has 0 saturated carbocycles. The fourth-order valence-electron chi connectivity index (χ4n) is 1.98. The Morgan fingerprint density at radius 2 is 2.21 bits per heavy atom. The molecule has 1 fully saturated rings. The van der Waals surface area contributed by atoms with Gasteiger partial charge in [0, 0.05) is 12.1 Å². The zero-order valence-electron chi connectivity index (χ0n) is 11.3. The van der Waals surface area contributed by atoms with Gasteiger partial charge in [0.2, 0.25) is 0 Å². The highest BCUT2D eigenvalue weighted by Crippen LogP contribution is 2.28. The normalized spacial score (nSPS) is 15.2. The number of carbonyl (C=O) groups excluding carboxylic acids is 1. The molecule has 0 unspecified atom stereocenters. The van der Waals surface area contributed by atoms with Gasteiger partial charge in [-0.15, -0.1) is 0 Å². The van der Waals surface area contributed by atoms with Crippen LogP contribution in [0.5, 0.6) is 11.5 Å². The summed E-state index contributed by atoms with van der Waals surface area (Å²) < 4.78 is 10.7. The van der Waals surface area contributed by atoms with E-state index in [-0.39, 0.29) is 5.91 Å². The number of methoxy groups -OCH3 is 1. The Morgan fingerprint density at radius 3 is 2.84 bits per heavy atom. The fourth-order valence-corrected chi connectivity index (χ4v) is 1.98. The van der Waals surface area contributed by atoms with Crippen LogP contribution in [0.4, 0.5) is 0 Å². The summed E-state index contributed by atoms with van der Waals surface area (Å²) in [4.78, 5) is 17.6. The van der Waals surface area contributed by atoms with Gasteiger partial charge in [0.25, 0.3) is 5.91 Å². The highest BCUT2D eigenvalue weighted by Gasteiger charge is 2.20. The summed E-state index contributed by atoms with van der Waals surface area (Å²) in [6.45, 7) is 3.69. The number of carbonyl (C=O) groups is 1. The van der Waals surface area contributed by atoms with Crippen LogP contribution in [0, 0.1) is 0 Å². The third-order valence-electron chi connectivity index (χ3n) is 2.94. The van der Waals surface area contributed by atoms with Gasteiger partial charge in [0.1, 0.15) is 0 Å². The molecule has 5 nitrogen and oxygen atoms in total. The van der Waals surface area contributed by atoms with Crippen LogP contribution in [0.1, 0.15) is 30.1 Å². The fraction of sp³-hybridized carbons (Fsp3) is 0.500. The Hall–Kier alpha value is -1.75. The number of hydrogen-bond acceptors (Lipinski definition) is 4. The van der Waals surface area contributed by atoms with E-state index in [1.165, 1.54) is 5.06 Å². The SMILES string of the molecule is CCOc1ccc(C(=O)N2CCCCO2)cc1OC. The lowest BCUT2D eigenvalue weighted by molar-refractivity contribution is -0.144. The molecule has 19 heavy (non-hydrogen) atoms. The van der Waals surface area contributed by atoms with E-state index < -0.39 is 0 Å². The Bertz CT molecular complexity index is 441. The number of amides is 1. The predicted molar refractivity (Wildman–Crippen MR) is 70.4 cm³/mol. The van der Waals surface area contributed by atoms with E-state index in [1.807, 2.05) is 6.92 Å². The van der Waals surface area contributed by atoms with Crippen LogP contribution in [0.3, 0.4) is 0 Å². The van der Waals surface area contributed by atoms with Crippen molar-refractivity contribution in [2.45, 2.75) is 19.8 Å². The monoisotopic (exact) mass is 265 g/mol. The topological polar surface area (TPSA) is 48.0 Å². The van der Waals surface area contributed by atoms with Crippen LogP contribution < -0.4 is 9.47 Å². The molecule has 0 atom stereocenters. The zero-order valence-corrected chi connectivity index (χ0v) is 11.3. The van der Waals surface area contributed by atoms with Gasteiger partial charge < -0.3 is 9.47 Å². The summed E-state index contributed by atoms with van der Waals surface area (Å²) in [5.74, 6) is 1.06. The lowest BCUT2D eigenvalue weighted by atomic mass is 10.1. The van der Waals surface area contributed by atoms with Crippen molar-refractivity contribution >= 4 is 5.91 Å². The number of hydrogen-bond donors (Lipinski definition) is 0. The summed E-state index contributed by atoms with van der Waals surface area (Å²) in [5, 5.41) is 1.42. The van der Waals surface area contributed by atoms with Crippen LogP contribution in [0.15, 0.2) is 18.2 Å². The van der Waals surface area contributed by atoms with Crippen molar-refractivity contribution in [3.63, 3.8) is 0 Å². The second-order valence-electron chi connectivity index (χ2n) is 4.25. The summed E-state index contributed by atoms with van der Waals surface area (Å²) in [7, 11) is 1.56. The number of ether oxygens (including phenoxy) is 2. The summed E-state index contributed by atoms with van der Waals surface area (Å²) in [6, 6.07) is 5.17. The minimum atomic E-state index is -0.138. The van der Waals surface area contributed by atoms with Crippen molar-refractivity contribution in [1.82, 2.24) is 5.06 Å². The third kappa shape index (κ3) is 3.17. The van der Waals surface area contributed by atoms with Gasteiger partial charge in [-0.2, -0.15) is 0 Å². The molecule has 0 N–H and O–H groups in total. The molecule has 1 heterocycles. The molecular formula is C14H19NO4. The Balaban J connectivity index is 2.17. The maximum Gasteiger partial charge on any atom is 0.277 e. The Morgan fingerprint density at radius 1 is 1.37 bits per heavy atom. The van der Waals surface area contributed by atoms with Crippen molar-refractivity contribution in [2.24, 2.45) is 0 Å². The van der Waals surface area contributed by atoms with Gasteiger partial charge >= 0.3 is 0 Å². The van der Waals surface area contributed by atoms with Crippen molar-refractivity contribution in [2.75, 3.05) is 26.9 Å². The van der Waals surface area contributed by atoms with Crippen LogP contribution in [0.25, 0.3) is 0 Å². The van der Waals surface area contributed by atoms with Crippen molar-refractivity contribution in [3.8, 4) is 11.5 Å². The van der Waals surface area contributed by atoms with E-state index in [0.717, 1.165) is 12.8 Å². The minimum absolute atomic E-state index is 0.138. The number of rotatable bonds is 4. The van der Waals surface area contributed by atoms with E-state index in [1.54, 1.807) is 25.3 Å². The molecule has 104 valence electrons. The van der Waals surface area contributed by atoms with E-state index >= 15 is 0 Å². The van der Waals surface area contributed by atoms with Crippen LogP contribution in [-0.2, 0) is 4.84 Å². The van der Waals surface area contributed by atoms with E-state index in [2.05, 4.69) is 0 Å². The first-order valence-corrected chi connectivity index (χ1v) is 6.52. The Labute approximate surface area is 113 Å². The molecule has 1 aliphatic rings. The van der Waals surface area contributed by atoms with E-state index in [0.29, 0.717) is 36.8 Å². The average molecular weight is 265 g/mol. The first-order chi connectivity index (χ1) is 9.26. The van der Waals surface area contributed by atoms with Crippen LogP contribution >= 0.6 is 0 Å². The lowest BCUT2D eigenvalue weighted by Gasteiger charge is -2.26. The quantitative estimate of drug-likeness (QED) is 0.838. The summed E-state index contributed by atoms with van der Waals surface area (Å²) >= 11 is 0. The molecule has 1 aromatic carbocycles. The maximum absolute atomic E-state index is 12.2. The highest BCUT2D eigenvalue weighted by molar-refractivity contribution is 5.94. The largest absolute Gasteiger partial charge is 0.493 e. The number of benzene rings is 1. The predicted octanol–water partition coefficient (Wildman–Crippen LogP) is 2.26. The standard InChI is InChI=1S/C14H19NO4/c1-3-18-12-7-6-11(10-13(12)17-2)14(16)15-8-4-5-9-19-15/h6-7,10H,3-5,8-9H2,1-2H3. The second-order valence-corrected chi connectivity index (χ2v) is 4.25. The van der Waals surface area contributed by atoms with Gasteiger partial charge in [-0.05, 0) is 38.0 Å². The van der Waals surface area contributed by atoms with Crippen molar-refractivity contribution in [3.05, 3.63) is 23.8 Å². The molecule has 0 aromatic heterocycles. The molecule has 1 aromatic rings. The molecule has 2 rings (SSSR count). The van der Waals surface area contributed by atoms with Crippen LogP contribution in [0.2, 0.25) is 0 Å². The Kier molecular flexibility index (Phi) is 4.63. The summed E-state index contributed by atoms with van der Waals surface area (Å²) in [6.07, 6.45) is 1.97. The van der Waals surface area contributed by atoms with Gasteiger partial charge in [-0.25, -0.2) is 5.06 Å². The lowest BCUT2D eigenvalue weighted by Crippen LogP contribution is -2.35. The maximum atomic E-state index is 12.2. The summed E-state index contributed by atoms with van der Waals surface area (Å²) in [5.41, 5.74) is 0.544. The molecule has 0 aliphatic carbocycles.